The molecule has 0 atom stereocenters. The van der Waals surface area contributed by atoms with Gasteiger partial charge in [-0.1, -0.05) is 41.5 Å². The zero-order valence-corrected chi connectivity index (χ0v) is 28.1. The van der Waals surface area contributed by atoms with Crippen molar-refractivity contribution in [1.29, 1.82) is 0 Å². The first-order valence-electron chi connectivity index (χ1n) is 15.2. The fourth-order valence-corrected chi connectivity index (χ4v) is 6.12. The molecule has 1 aliphatic heterocycles. The molecule has 0 aliphatic carbocycles. The van der Waals surface area contributed by atoms with Gasteiger partial charge in [0.2, 0.25) is 0 Å². The first-order chi connectivity index (χ1) is 20.2. The number of piperidine rings is 1. The smallest absolute Gasteiger partial charge is 0.344 e. The molecule has 1 aliphatic rings. The minimum atomic E-state index is -0.474. The number of nitrogens with zero attached hydrogens (tertiary/aromatic N) is 1. The zero-order chi connectivity index (χ0) is 33.1. The van der Waals surface area contributed by atoms with E-state index in [1.54, 1.807) is 36.4 Å². The highest BCUT2D eigenvalue weighted by Gasteiger charge is 2.46. The summed E-state index contributed by atoms with van der Waals surface area (Å²) in [6.45, 7) is 20.6. The van der Waals surface area contributed by atoms with Crippen LogP contribution in [0.5, 0.6) is 23.0 Å². The average molecular weight is 614 g/mol. The van der Waals surface area contributed by atoms with Crippen LogP contribution in [0.3, 0.4) is 0 Å². The van der Waals surface area contributed by atoms with Crippen molar-refractivity contribution in [1.82, 2.24) is 4.90 Å². The van der Waals surface area contributed by atoms with Gasteiger partial charge in [-0.2, -0.15) is 0 Å². The van der Waals surface area contributed by atoms with E-state index in [1.807, 2.05) is 41.5 Å². The molecule has 9 heteroatoms. The number of likely N-dealkylation sites (tertiary alicyclic amines) is 1. The summed E-state index contributed by atoms with van der Waals surface area (Å²) < 4.78 is 22.7. The molecule has 0 bridgehead atoms. The molecule has 0 saturated carbocycles. The van der Waals surface area contributed by atoms with E-state index in [-0.39, 0.29) is 59.3 Å². The summed E-state index contributed by atoms with van der Waals surface area (Å²) in [5, 5.41) is 20.3. The third-order valence-corrected chi connectivity index (χ3v) is 8.06. The Bertz CT molecular complexity index is 1300. The van der Waals surface area contributed by atoms with Crippen molar-refractivity contribution >= 4 is 11.9 Å². The maximum absolute atomic E-state index is 12.7. The molecule has 1 fully saturated rings. The van der Waals surface area contributed by atoms with Crippen LogP contribution in [-0.2, 0) is 29.9 Å². The summed E-state index contributed by atoms with van der Waals surface area (Å²) >= 11 is 0. The minimum absolute atomic E-state index is 0.188. The van der Waals surface area contributed by atoms with Gasteiger partial charge < -0.3 is 29.2 Å². The molecular formula is C35H51NO8. The summed E-state index contributed by atoms with van der Waals surface area (Å²) in [5.41, 5.74) is 0.277. The zero-order valence-electron chi connectivity index (χ0n) is 28.1. The highest BCUT2D eigenvalue weighted by molar-refractivity contribution is 5.71. The van der Waals surface area contributed by atoms with E-state index in [1.165, 1.54) is 0 Å². The van der Waals surface area contributed by atoms with Crippen LogP contribution >= 0.6 is 0 Å². The van der Waals surface area contributed by atoms with Crippen LogP contribution in [0.25, 0.3) is 0 Å². The fraction of sp³-hybridized carbons (Fsp3) is 0.600. The number of carbonyl (C=O) groups excluding carboxylic acids is 2. The lowest BCUT2D eigenvalue weighted by Crippen LogP contribution is -2.63. The number of hydrogen-bond donors (Lipinski definition) is 2. The monoisotopic (exact) mass is 613 g/mol. The summed E-state index contributed by atoms with van der Waals surface area (Å²) in [6, 6.07) is 9.90. The summed E-state index contributed by atoms with van der Waals surface area (Å²) in [4.78, 5) is 27.5. The number of hydrogen-bond acceptors (Lipinski definition) is 9. The highest BCUT2D eigenvalue weighted by Crippen LogP contribution is 2.40. The van der Waals surface area contributed by atoms with Gasteiger partial charge in [0, 0.05) is 41.6 Å². The quantitative estimate of drug-likeness (QED) is 0.300. The van der Waals surface area contributed by atoms with Gasteiger partial charge in [-0.25, -0.2) is 9.59 Å². The number of rotatable bonds is 10. The van der Waals surface area contributed by atoms with Crippen molar-refractivity contribution in [2.45, 2.75) is 110 Å². The molecule has 0 aromatic heterocycles. The molecule has 44 heavy (non-hydrogen) atoms. The Morgan fingerprint density at radius 1 is 0.773 bits per heavy atom. The number of ether oxygens (including phenoxy) is 4. The topological polar surface area (TPSA) is 115 Å². The third-order valence-electron chi connectivity index (χ3n) is 8.06. The van der Waals surface area contributed by atoms with Crippen molar-refractivity contribution < 1.29 is 38.7 Å². The largest absolute Gasteiger partial charge is 0.508 e. The SMILES string of the molecule is CC(C)(C)c1cc(OCC(=O)OCCN2C(C)(C)CC(OC(=O)COc3ccc(O)c(C(C)(C)C)c3)CC2(C)C)ccc1O. The highest BCUT2D eigenvalue weighted by atomic mass is 16.6. The van der Waals surface area contributed by atoms with Gasteiger partial charge in [-0.3, -0.25) is 4.90 Å². The van der Waals surface area contributed by atoms with Gasteiger partial charge >= 0.3 is 11.9 Å². The van der Waals surface area contributed by atoms with Gasteiger partial charge in [0.1, 0.15) is 35.7 Å². The molecule has 0 amide bonds. The molecule has 9 nitrogen and oxygen atoms in total. The first kappa shape index (κ1) is 35.0. The Hall–Kier alpha value is -3.46. The molecule has 2 aromatic rings. The summed E-state index contributed by atoms with van der Waals surface area (Å²) in [5.74, 6) is 0.448. The Balaban J connectivity index is 1.49. The van der Waals surface area contributed by atoms with Crippen molar-refractivity contribution in [3.8, 4) is 23.0 Å². The Labute approximate surface area is 262 Å². The average Bonchev–Trinajstić information content (AvgIpc) is 2.87. The van der Waals surface area contributed by atoms with Crippen LogP contribution in [0.15, 0.2) is 36.4 Å². The lowest BCUT2D eigenvalue weighted by atomic mass is 9.78. The molecule has 3 rings (SSSR count). The second kappa shape index (κ2) is 13.3. The van der Waals surface area contributed by atoms with Crippen LogP contribution < -0.4 is 9.47 Å². The number of carbonyl (C=O) groups is 2. The number of esters is 2. The molecule has 1 saturated heterocycles. The third kappa shape index (κ3) is 9.27. The van der Waals surface area contributed by atoms with E-state index >= 15 is 0 Å². The van der Waals surface area contributed by atoms with E-state index in [0.29, 0.717) is 30.9 Å². The van der Waals surface area contributed by atoms with E-state index in [9.17, 15) is 19.8 Å². The lowest BCUT2D eigenvalue weighted by Gasteiger charge is -2.54. The summed E-state index contributed by atoms with van der Waals surface area (Å²) in [6.07, 6.45) is 0.934. The van der Waals surface area contributed by atoms with Gasteiger partial charge in [-0.15, -0.1) is 0 Å². The van der Waals surface area contributed by atoms with Crippen molar-refractivity contribution in [2.75, 3.05) is 26.4 Å². The number of phenolic OH excluding ortho intramolecular Hbond substituents is 2. The molecule has 244 valence electrons. The van der Waals surface area contributed by atoms with Crippen LogP contribution in [0.1, 0.15) is 93.2 Å². The molecule has 0 spiro atoms. The normalized spacial score (nSPS) is 17.1. The van der Waals surface area contributed by atoms with Crippen LogP contribution in [-0.4, -0.2) is 70.6 Å². The maximum Gasteiger partial charge on any atom is 0.344 e. The molecule has 2 aromatic carbocycles. The Morgan fingerprint density at radius 2 is 1.20 bits per heavy atom. The second-order valence-corrected chi connectivity index (χ2v) is 15.0. The molecule has 0 radical (unpaired) electrons. The van der Waals surface area contributed by atoms with Crippen LogP contribution in [0.2, 0.25) is 0 Å². The van der Waals surface area contributed by atoms with Gasteiger partial charge in [0.15, 0.2) is 13.2 Å². The lowest BCUT2D eigenvalue weighted by molar-refractivity contribution is -0.165. The maximum atomic E-state index is 12.7. The van der Waals surface area contributed by atoms with Gasteiger partial charge in [0.05, 0.1) is 0 Å². The van der Waals surface area contributed by atoms with Crippen molar-refractivity contribution in [3.05, 3.63) is 47.5 Å². The van der Waals surface area contributed by atoms with Crippen LogP contribution in [0.4, 0.5) is 0 Å². The van der Waals surface area contributed by atoms with Crippen LogP contribution in [0, 0.1) is 0 Å². The van der Waals surface area contributed by atoms with E-state index in [2.05, 4.69) is 32.6 Å². The number of phenols is 2. The van der Waals surface area contributed by atoms with Gasteiger partial charge in [0.25, 0.3) is 0 Å². The molecule has 2 N–H and O–H groups in total. The Morgan fingerprint density at radius 3 is 1.64 bits per heavy atom. The number of aromatic hydroxyl groups is 2. The predicted octanol–water partition coefficient (Wildman–Crippen LogP) is 6.26. The fourth-order valence-electron chi connectivity index (χ4n) is 6.12. The van der Waals surface area contributed by atoms with E-state index in [4.69, 9.17) is 18.9 Å². The molecular weight excluding hydrogens is 562 g/mol. The Kier molecular flexibility index (Phi) is 10.6. The minimum Gasteiger partial charge on any atom is -0.508 e. The van der Waals surface area contributed by atoms with E-state index in [0.717, 1.165) is 11.1 Å². The summed E-state index contributed by atoms with van der Waals surface area (Å²) in [7, 11) is 0. The predicted molar refractivity (Wildman–Crippen MR) is 170 cm³/mol. The van der Waals surface area contributed by atoms with Gasteiger partial charge in [-0.05, 0) is 74.9 Å². The second-order valence-electron chi connectivity index (χ2n) is 15.0. The molecule has 0 unspecified atom stereocenters. The van der Waals surface area contributed by atoms with Crippen molar-refractivity contribution in [2.24, 2.45) is 0 Å². The number of benzene rings is 2. The molecule has 1 heterocycles. The van der Waals surface area contributed by atoms with E-state index < -0.39 is 11.9 Å². The first-order valence-corrected chi connectivity index (χ1v) is 15.2. The standard InChI is InChI=1S/C35H51NO8/c1-32(2,3)26-17-23(11-13-28(26)37)42-21-30(39)41-16-15-36-34(7,8)19-25(20-35(36,9)10)44-31(40)22-43-24-12-14-29(38)27(18-24)33(4,5)6/h11-14,17-18,25,37-38H,15-16,19-22H2,1-10H3. The van der Waals surface area contributed by atoms with Crippen molar-refractivity contribution in [3.63, 3.8) is 0 Å².